The summed E-state index contributed by atoms with van der Waals surface area (Å²) in [6, 6.07) is 10.9. The maximum absolute atomic E-state index is 12.6. The van der Waals surface area contributed by atoms with Crippen LogP contribution in [-0.4, -0.2) is 41.4 Å². The van der Waals surface area contributed by atoms with Gasteiger partial charge < -0.3 is 10.6 Å². The predicted molar refractivity (Wildman–Crippen MR) is 113 cm³/mol. The molecule has 1 aliphatic heterocycles. The third kappa shape index (κ3) is 4.02. The normalized spacial score (nSPS) is 17.8. The number of imide groups is 1. The summed E-state index contributed by atoms with van der Waals surface area (Å²) in [6.07, 6.45) is 3.90. The van der Waals surface area contributed by atoms with Gasteiger partial charge in [-0.25, -0.2) is 4.79 Å². The predicted octanol–water partition coefficient (Wildman–Crippen LogP) is 4.05. The van der Waals surface area contributed by atoms with Crippen LogP contribution in [0.4, 0.5) is 4.79 Å². The molecule has 152 valence electrons. The van der Waals surface area contributed by atoms with Crippen molar-refractivity contribution < 1.29 is 14.4 Å². The van der Waals surface area contributed by atoms with Crippen LogP contribution in [0.25, 0.3) is 10.4 Å². The van der Waals surface area contributed by atoms with E-state index in [1.54, 1.807) is 6.07 Å². The molecule has 29 heavy (non-hydrogen) atoms. The number of urea groups is 1. The van der Waals surface area contributed by atoms with E-state index in [0.29, 0.717) is 29.4 Å². The zero-order valence-electron chi connectivity index (χ0n) is 15.9. The molecule has 4 amide bonds. The second-order valence-electron chi connectivity index (χ2n) is 7.46. The van der Waals surface area contributed by atoms with E-state index in [2.05, 4.69) is 10.6 Å². The number of nitrogens with one attached hydrogen (secondary N) is 2. The van der Waals surface area contributed by atoms with Crippen molar-refractivity contribution in [2.24, 2.45) is 0 Å². The Morgan fingerprint density at radius 2 is 1.86 bits per heavy atom. The molecule has 0 unspecified atom stereocenters. The Hall–Kier alpha value is -2.38. The molecule has 1 saturated carbocycles. The maximum Gasteiger partial charge on any atom is 0.325 e. The average Bonchev–Trinajstić information content (AvgIpc) is 3.42. The Balaban J connectivity index is 1.27. The number of carbonyl (C=O) groups excluding carboxylic acids is 3. The van der Waals surface area contributed by atoms with Gasteiger partial charge in [0.2, 0.25) is 0 Å². The second kappa shape index (κ2) is 8.16. The van der Waals surface area contributed by atoms with Gasteiger partial charge in [0.1, 0.15) is 5.54 Å². The van der Waals surface area contributed by atoms with Gasteiger partial charge in [0.25, 0.3) is 11.8 Å². The monoisotopic (exact) mass is 431 g/mol. The van der Waals surface area contributed by atoms with Gasteiger partial charge in [-0.1, -0.05) is 36.6 Å². The highest BCUT2D eigenvalue weighted by molar-refractivity contribution is 7.17. The lowest BCUT2D eigenvalue weighted by molar-refractivity contribution is -0.131. The van der Waals surface area contributed by atoms with Crippen molar-refractivity contribution in [3.8, 4) is 10.4 Å². The van der Waals surface area contributed by atoms with Crippen LogP contribution < -0.4 is 10.6 Å². The zero-order chi connectivity index (χ0) is 20.4. The smallest absolute Gasteiger partial charge is 0.325 e. The fourth-order valence-corrected chi connectivity index (χ4v) is 5.01. The Bertz CT molecular complexity index is 935. The first-order valence-electron chi connectivity index (χ1n) is 9.77. The zero-order valence-corrected chi connectivity index (χ0v) is 17.4. The van der Waals surface area contributed by atoms with Crippen molar-refractivity contribution in [2.45, 2.75) is 37.6 Å². The van der Waals surface area contributed by atoms with Crippen LogP contribution in [0, 0.1) is 0 Å². The molecule has 1 saturated heterocycles. The fraction of sp³-hybridized carbons (Fsp3) is 0.381. The topological polar surface area (TPSA) is 78.5 Å². The first-order valence-corrected chi connectivity index (χ1v) is 11.0. The molecule has 0 atom stereocenters. The lowest BCUT2D eigenvalue weighted by Gasteiger charge is -2.20. The highest BCUT2D eigenvalue weighted by Crippen LogP contribution is 2.35. The fourth-order valence-electron chi connectivity index (χ4n) is 3.95. The van der Waals surface area contributed by atoms with Crippen LogP contribution in [0.15, 0.2) is 36.4 Å². The average molecular weight is 432 g/mol. The molecule has 6 nitrogen and oxygen atoms in total. The van der Waals surface area contributed by atoms with Crippen LogP contribution in [0.3, 0.4) is 0 Å². The molecule has 2 N–H and O–H groups in total. The Kier molecular flexibility index (Phi) is 5.61. The summed E-state index contributed by atoms with van der Waals surface area (Å²) in [5, 5.41) is 6.41. The molecular formula is C21H22ClN3O3S. The van der Waals surface area contributed by atoms with Gasteiger partial charge in [0, 0.05) is 23.0 Å². The first-order chi connectivity index (χ1) is 14.0. The number of nitrogens with zero attached hydrogens (tertiary/aromatic N) is 1. The molecule has 2 fully saturated rings. The maximum atomic E-state index is 12.6. The van der Waals surface area contributed by atoms with Gasteiger partial charge in [-0.3, -0.25) is 14.5 Å². The number of hydrogen-bond donors (Lipinski definition) is 2. The molecule has 1 aromatic carbocycles. The highest BCUT2D eigenvalue weighted by atomic mass is 35.5. The van der Waals surface area contributed by atoms with E-state index in [9.17, 15) is 14.4 Å². The van der Waals surface area contributed by atoms with Gasteiger partial charge in [-0.05, 0) is 49.1 Å². The Labute approximate surface area is 178 Å². The molecule has 2 aliphatic rings. The number of thiophene rings is 1. The lowest BCUT2D eigenvalue weighted by atomic mass is 9.98. The summed E-state index contributed by atoms with van der Waals surface area (Å²) in [5.74, 6) is -0.267. The van der Waals surface area contributed by atoms with E-state index >= 15 is 0 Å². The minimum absolute atomic E-state index is 0.114. The molecule has 0 bridgehead atoms. The quantitative estimate of drug-likeness (QED) is 0.535. The molecule has 0 radical (unpaired) electrons. The summed E-state index contributed by atoms with van der Waals surface area (Å²) >= 11 is 7.33. The van der Waals surface area contributed by atoms with Gasteiger partial charge >= 0.3 is 6.03 Å². The molecule has 4 rings (SSSR count). The number of amides is 4. The minimum atomic E-state index is -0.671. The van der Waals surface area contributed by atoms with Crippen LogP contribution in [-0.2, 0) is 4.79 Å². The molecule has 8 heteroatoms. The largest absolute Gasteiger partial charge is 0.351 e. The summed E-state index contributed by atoms with van der Waals surface area (Å²) < 4.78 is 0. The first kappa shape index (κ1) is 19.9. The van der Waals surface area contributed by atoms with E-state index in [-0.39, 0.29) is 17.8 Å². The molecule has 1 aromatic heterocycles. The SMILES string of the molecule is O=C(NCCCN1C(=O)NC2(CCCC2)C1=O)c1ccc(-c2ccc(Cl)cc2)s1. The van der Waals surface area contributed by atoms with Crippen molar-refractivity contribution in [3.05, 3.63) is 46.3 Å². The molecule has 1 spiro atoms. The Morgan fingerprint density at radius 1 is 1.14 bits per heavy atom. The summed E-state index contributed by atoms with van der Waals surface area (Å²) in [4.78, 5) is 40.0. The number of halogens is 1. The highest BCUT2D eigenvalue weighted by Gasteiger charge is 2.51. The van der Waals surface area contributed by atoms with E-state index < -0.39 is 5.54 Å². The number of benzene rings is 1. The number of rotatable bonds is 6. The van der Waals surface area contributed by atoms with Gasteiger partial charge in [-0.2, -0.15) is 0 Å². The molecule has 1 aliphatic carbocycles. The van der Waals surface area contributed by atoms with Gasteiger partial charge in [0.15, 0.2) is 0 Å². The van der Waals surface area contributed by atoms with E-state index in [0.717, 1.165) is 36.1 Å². The summed E-state index contributed by atoms with van der Waals surface area (Å²) in [7, 11) is 0. The van der Waals surface area contributed by atoms with E-state index in [1.165, 1.54) is 16.2 Å². The Morgan fingerprint density at radius 3 is 2.59 bits per heavy atom. The minimum Gasteiger partial charge on any atom is -0.351 e. The number of carbonyl (C=O) groups is 3. The van der Waals surface area contributed by atoms with Crippen LogP contribution in [0.1, 0.15) is 41.8 Å². The number of hydrogen-bond acceptors (Lipinski definition) is 4. The van der Waals surface area contributed by atoms with E-state index in [4.69, 9.17) is 11.6 Å². The van der Waals surface area contributed by atoms with Crippen LogP contribution in [0.2, 0.25) is 5.02 Å². The molecular weight excluding hydrogens is 410 g/mol. The van der Waals surface area contributed by atoms with Crippen LogP contribution >= 0.6 is 22.9 Å². The van der Waals surface area contributed by atoms with Gasteiger partial charge in [-0.15, -0.1) is 11.3 Å². The third-order valence-corrected chi connectivity index (χ3v) is 6.89. The summed E-state index contributed by atoms with van der Waals surface area (Å²) in [5.41, 5.74) is 0.341. The van der Waals surface area contributed by atoms with Crippen molar-refractivity contribution in [2.75, 3.05) is 13.1 Å². The molecule has 2 heterocycles. The standard InChI is InChI=1S/C21H22ClN3O3S/c22-15-6-4-14(5-7-15)16-8-9-17(29-16)18(26)23-12-3-13-25-19(27)21(24-20(25)28)10-1-2-11-21/h4-9H,1-3,10-13H2,(H,23,26)(H,24,28). The van der Waals surface area contributed by atoms with Crippen LogP contribution in [0.5, 0.6) is 0 Å². The van der Waals surface area contributed by atoms with E-state index in [1.807, 2.05) is 30.3 Å². The van der Waals surface area contributed by atoms with Crippen molar-refractivity contribution in [1.29, 1.82) is 0 Å². The van der Waals surface area contributed by atoms with Crippen molar-refractivity contribution in [1.82, 2.24) is 15.5 Å². The lowest BCUT2D eigenvalue weighted by Crippen LogP contribution is -2.44. The van der Waals surface area contributed by atoms with Gasteiger partial charge in [0.05, 0.1) is 4.88 Å². The molecule has 2 aromatic rings. The van der Waals surface area contributed by atoms with Crippen molar-refractivity contribution in [3.63, 3.8) is 0 Å². The second-order valence-corrected chi connectivity index (χ2v) is 8.98. The third-order valence-electron chi connectivity index (χ3n) is 5.51. The summed E-state index contributed by atoms with van der Waals surface area (Å²) in [6.45, 7) is 0.713. The van der Waals surface area contributed by atoms with Crippen molar-refractivity contribution >= 4 is 40.8 Å².